The van der Waals surface area contributed by atoms with Crippen LogP contribution >= 0.6 is 11.8 Å². The van der Waals surface area contributed by atoms with Gasteiger partial charge in [0, 0.05) is 12.4 Å². The molecule has 0 atom stereocenters. The Bertz CT molecular complexity index is 548. The number of anilines is 1. The van der Waals surface area contributed by atoms with Crippen molar-refractivity contribution in [3.05, 3.63) is 18.0 Å². The summed E-state index contributed by atoms with van der Waals surface area (Å²) < 4.78 is 5.23. The number of ether oxygens (including phenoxy) is 1. The summed E-state index contributed by atoms with van der Waals surface area (Å²) in [6.07, 6.45) is 3.45. The van der Waals surface area contributed by atoms with Crippen molar-refractivity contribution in [2.24, 2.45) is 5.84 Å². The Morgan fingerprint density at radius 2 is 1.95 bits per heavy atom. The molecule has 19 heavy (non-hydrogen) atoms. The molecule has 0 aromatic carbocycles. The van der Waals surface area contributed by atoms with Gasteiger partial charge in [0.1, 0.15) is 0 Å². The Hall–Kier alpha value is -2.00. The molecule has 8 nitrogen and oxygen atoms in total. The first-order valence-electron chi connectivity index (χ1n) is 5.53. The maximum absolute atomic E-state index is 5.30. The maximum Gasteiger partial charge on any atom is 0.322 e. The van der Waals surface area contributed by atoms with Crippen molar-refractivity contribution >= 4 is 17.7 Å². The predicted molar refractivity (Wildman–Crippen MR) is 69.7 cm³/mol. The number of hydrazine groups is 1. The molecular weight excluding hydrogens is 266 g/mol. The molecule has 0 saturated carbocycles. The Morgan fingerprint density at radius 3 is 2.58 bits per heavy atom. The van der Waals surface area contributed by atoms with E-state index in [-0.39, 0.29) is 12.0 Å². The fraction of sp³-hybridized carbons (Fsp3) is 0.300. The fourth-order valence-corrected chi connectivity index (χ4v) is 1.79. The summed E-state index contributed by atoms with van der Waals surface area (Å²) in [4.78, 5) is 20.5. The van der Waals surface area contributed by atoms with Crippen LogP contribution in [-0.2, 0) is 0 Å². The van der Waals surface area contributed by atoms with Crippen LogP contribution in [0.4, 0.5) is 5.95 Å². The number of nitrogens with two attached hydrogens (primary N) is 1. The van der Waals surface area contributed by atoms with Gasteiger partial charge in [-0.25, -0.2) is 15.8 Å². The first-order chi connectivity index (χ1) is 9.21. The van der Waals surface area contributed by atoms with E-state index < -0.39 is 0 Å². The van der Waals surface area contributed by atoms with Crippen molar-refractivity contribution < 1.29 is 4.74 Å². The molecule has 0 unspecified atom stereocenters. The summed E-state index contributed by atoms with van der Waals surface area (Å²) in [5.74, 6) is 5.53. The van der Waals surface area contributed by atoms with Crippen LogP contribution < -0.4 is 16.0 Å². The zero-order chi connectivity index (χ0) is 13.7. The average molecular weight is 279 g/mol. The number of nitrogen functional groups attached to an aromatic ring is 1. The second-order valence-corrected chi connectivity index (χ2v) is 4.38. The molecule has 0 radical (unpaired) electrons. The van der Waals surface area contributed by atoms with Gasteiger partial charge in [-0.3, -0.25) is 5.43 Å². The third kappa shape index (κ3) is 3.73. The number of hydrogen-bond donors (Lipinski definition) is 2. The number of rotatable bonds is 5. The number of nitrogens with one attached hydrogen (secondary N) is 1. The van der Waals surface area contributed by atoms with Gasteiger partial charge < -0.3 is 4.74 Å². The molecule has 0 bridgehead atoms. The van der Waals surface area contributed by atoms with Gasteiger partial charge in [-0.1, -0.05) is 0 Å². The standard InChI is InChI=1S/C10H13N7OS/c1-3-18-8-14-7(17-11)15-10(16-8)19-9-12-4-6(2)5-13-9/h4-5H,3,11H2,1-2H3,(H,14,15,16,17). The highest BCUT2D eigenvalue weighted by molar-refractivity contribution is 7.99. The lowest BCUT2D eigenvalue weighted by Crippen LogP contribution is -2.12. The van der Waals surface area contributed by atoms with E-state index in [1.807, 2.05) is 13.8 Å². The summed E-state index contributed by atoms with van der Waals surface area (Å²) in [6, 6.07) is 0.208. The van der Waals surface area contributed by atoms with Gasteiger partial charge in [0.25, 0.3) is 0 Å². The van der Waals surface area contributed by atoms with Crippen LogP contribution in [0.3, 0.4) is 0 Å². The topological polar surface area (TPSA) is 112 Å². The van der Waals surface area contributed by atoms with E-state index in [1.54, 1.807) is 12.4 Å². The summed E-state index contributed by atoms with van der Waals surface area (Å²) in [7, 11) is 0. The summed E-state index contributed by atoms with van der Waals surface area (Å²) >= 11 is 1.21. The zero-order valence-electron chi connectivity index (χ0n) is 10.5. The minimum absolute atomic E-state index is 0.208. The lowest BCUT2D eigenvalue weighted by Gasteiger charge is -2.05. The molecule has 0 aliphatic rings. The van der Waals surface area contributed by atoms with Crippen LogP contribution in [0.25, 0.3) is 0 Å². The largest absolute Gasteiger partial charge is 0.464 e. The van der Waals surface area contributed by atoms with E-state index >= 15 is 0 Å². The monoisotopic (exact) mass is 279 g/mol. The second-order valence-electron chi connectivity index (χ2n) is 3.45. The maximum atomic E-state index is 5.30. The molecule has 0 aliphatic heterocycles. The summed E-state index contributed by atoms with van der Waals surface area (Å²) in [5.41, 5.74) is 3.35. The van der Waals surface area contributed by atoms with Gasteiger partial charge in [0.2, 0.25) is 11.1 Å². The van der Waals surface area contributed by atoms with Gasteiger partial charge in [0.05, 0.1) is 6.61 Å². The molecule has 0 fully saturated rings. The second kappa shape index (κ2) is 6.25. The molecule has 3 N–H and O–H groups in total. The Balaban J connectivity index is 2.23. The number of nitrogens with zero attached hydrogens (tertiary/aromatic N) is 5. The van der Waals surface area contributed by atoms with Crippen molar-refractivity contribution in [1.82, 2.24) is 24.9 Å². The predicted octanol–water partition coefficient (Wildman–Crippen LogP) is 0.806. The van der Waals surface area contributed by atoms with Crippen LogP contribution in [0, 0.1) is 6.92 Å². The summed E-state index contributed by atoms with van der Waals surface area (Å²) in [6.45, 7) is 4.22. The van der Waals surface area contributed by atoms with Crippen molar-refractivity contribution in [2.75, 3.05) is 12.0 Å². The van der Waals surface area contributed by atoms with E-state index in [0.717, 1.165) is 5.56 Å². The molecule has 0 saturated heterocycles. The van der Waals surface area contributed by atoms with Crippen molar-refractivity contribution in [1.29, 1.82) is 0 Å². The first-order valence-corrected chi connectivity index (χ1v) is 6.35. The molecule has 2 aromatic heterocycles. The van der Waals surface area contributed by atoms with Gasteiger partial charge in [0.15, 0.2) is 5.16 Å². The highest BCUT2D eigenvalue weighted by Crippen LogP contribution is 2.22. The molecule has 2 heterocycles. The minimum atomic E-state index is 0.208. The van der Waals surface area contributed by atoms with E-state index in [1.165, 1.54) is 11.8 Å². The SMILES string of the molecule is CCOc1nc(NN)nc(Sc2ncc(C)cn2)n1. The van der Waals surface area contributed by atoms with Crippen LogP contribution in [-0.4, -0.2) is 31.5 Å². The normalized spacial score (nSPS) is 10.3. The van der Waals surface area contributed by atoms with Crippen LogP contribution in [0.1, 0.15) is 12.5 Å². The third-order valence-corrected chi connectivity index (χ3v) is 2.70. The van der Waals surface area contributed by atoms with E-state index in [4.69, 9.17) is 10.6 Å². The van der Waals surface area contributed by atoms with E-state index in [0.29, 0.717) is 16.9 Å². The van der Waals surface area contributed by atoms with Crippen LogP contribution in [0.5, 0.6) is 6.01 Å². The van der Waals surface area contributed by atoms with Gasteiger partial charge >= 0.3 is 6.01 Å². The van der Waals surface area contributed by atoms with E-state index in [9.17, 15) is 0 Å². The quantitative estimate of drug-likeness (QED) is 0.466. The molecule has 100 valence electrons. The highest BCUT2D eigenvalue weighted by Gasteiger charge is 2.09. The molecule has 2 rings (SSSR count). The molecule has 2 aromatic rings. The average Bonchev–Trinajstić information content (AvgIpc) is 2.41. The van der Waals surface area contributed by atoms with Crippen LogP contribution in [0.2, 0.25) is 0 Å². The molecule has 0 spiro atoms. The molecule has 9 heteroatoms. The summed E-state index contributed by atoms with van der Waals surface area (Å²) in [5, 5.41) is 0.956. The number of aromatic nitrogens is 5. The lowest BCUT2D eigenvalue weighted by molar-refractivity contribution is 0.308. The van der Waals surface area contributed by atoms with Crippen LogP contribution in [0.15, 0.2) is 22.7 Å². The first kappa shape index (κ1) is 13.4. The lowest BCUT2D eigenvalue weighted by atomic mass is 10.4. The minimum Gasteiger partial charge on any atom is -0.464 e. The molecular formula is C10H13N7OS. The zero-order valence-corrected chi connectivity index (χ0v) is 11.3. The van der Waals surface area contributed by atoms with E-state index in [2.05, 4.69) is 30.3 Å². The Labute approximate surface area is 114 Å². The number of hydrogen-bond acceptors (Lipinski definition) is 9. The smallest absolute Gasteiger partial charge is 0.322 e. The Kier molecular flexibility index (Phi) is 4.42. The van der Waals surface area contributed by atoms with Crippen molar-refractivity contribution in [3.8, 4) is 6.01 Å². The third-order valence-electron chi connectivity index (χ3n) is 1.94. The molecule has 0 aliphatic carbocycles. The van der Waals surface area contributed by atoms with Gasteiger partial charge in [-0.05, 0) is 31.2 Å². The van der Waals surface area contributed by atoms with Gasteiger partial charge in [-0.15, -0.1) is 0 Å². The fourth-order valence-electron chi connectivity index (χ4n) is 1.16. The highest BCUT2D eigenvalue weighted by atomic mass is 32.2. The van der Waals surface area contributed by atoms with Crippen molar-refractivity contribution in [3.63, 3.8) is 0 Å². The molecule has 0 amide bonds. The van der Waals surface area contributed by atoms with Gasteiger partial charge in [-0.2, -0.15) is 15.0 Å². The number of aryl methyl sites for hydroxylation is 1. The Morgan fingerprint density at radius 1 is 1.21 bits per heavy atom. The van der Waals surface area contributed by atoms with Crippen molar-refractivity contribution in [2.45, 2.75) is 24.2 Å².